The first-order valence-corrected chi connectivity index (χ1v) is 5.27. The third-order valence-corrected chi connectivity index (χ3v) is 2.09. The van der Waals surface area contributed by atoms with Gasteiger partial charge in [-0.1, -0.05) is 61.7 Å². The highest BCUT2D eigenvalue weighted by molar-refractivity contribution is 5.79. The minimum Gasteiger partial charge on any atom is -0.115 e. The highest BCUT2D eigenvalue weighted by Crippen LogP contribution is 2.12. The smallest absolute Gasteiger partial charge is 0.0314 e. The van der Waals surface area contributed by atoms with Crippen LogP contribution < -0.4 is 0 Å². The van der Waals surface area contributed by atoms with Gasteiger partial charge in [0, 0.05) is 5.57 Å². The van der Waals surface area contributed by atoms with E-state index >= 15 is 0 Å². The fraction of sp³-hybridized carbons (Fsp3) is 0.200. The van der Waals surface area contributed by atoms with Crippen LogP contribution in [0.2, 0.25) is 0 Å². The van der Waals surface area contributed by atoms with E-state index in [2.05, 4.69) is 18.9 Å². The van der Waals surface area contributed by atoms with Crippen LogP contribution in [0.1, 0.15) is 25.3 Å². The van der Waals surface area contributed by atoms with Crippen LogP contribution in [0, 0.1) is 12.3 Å². The molecule has 1 rings (SSSR count). The van der Waals surface area contributed by atoms with Gasteiger partial charge in [0.05, 0.1) is 0 Å². The van der Waals surface area contributed by atoms with Gasteiger partial charge in [-0.15, -0.1) is 6.42 Å². The predicted octanol–water partition coefficient (Wildman–Crippen LogP) is 4.06. The molecule has 1 aromatic rings. The van der Waals surface area contributed by atoms with E-state index in [1.54, 1.807) is 0 Å². The number of hydrogen-bond donors (Lipinski definition) is 0. The molecule has 15 heavy (non-hydrogen) atoms. The Morgan fingerprint density at radius 2 is 2.07 bits per heavy atom. The van der Waals surface area contributed by atoms with Crippen molar-refractivity contribution in [3.05, 3.63) is 54.1 Å². The molecule has 0 aliphatic heterocycles. The molecule has 0 N–H and O–H groups in total. The SMILES string of the molecule is C#C/C(=C/C=C/CCC)c1ccccc1. The summed E-state index contributed by atoms with van der Waals surface area (Å²) in [6.07, 6.45) is 13.9. The van der Waals surface area contributed by atoms with Crippen molar-refractivity contribution in [3.8, 4) is 12.3 Å². The summed E-state index contributed by atoms with van der Waals surface area (Å²) in [5.74, 6) is 2.71. The second-order valence-electron chi connectivity index (χ2n) is 3.31. The van der Waals surface area contributed by atoms with Crippen LogP contribution in [-0.4, -0.2) is 0 Å². The van der Waals surface area contributed by atoms with Gasteiger partial charge in [0.15, 0.2) is 0 Å². The third-order valence-electron chi connectivity index (χ3n) is 2.09. The quantitative estimate of drug-likeness (QED) is 0.503. The molecule has 0 saturated carbocycles. The van der Waals surface area contributed by atoms with Crippen molar-refractivity contribution in [2.24, 2.45) is 0 Å². The zero-order valence-corrected chi connectivity index (χ0v) is 9.11. The van der Waals surface area contributed by atoms with Crippen LogP contribution in [0.5, 0.6) is 0 Å². The van der Waals surface area contributed by atoms with Gasteiger partial charge < -0.3 is 0 Å². The maximum absolute atomic E-state index is 5.47. The van der Waals surface area contributed by atoms with Crippen LogP contribution in [-0.2, 0) is 0 Å². The summed E-state index contributed by atoms with van der Waals surface area (Å²) in [5.41, 5.74) is 2.03. The van der Waals surface area contributed by atoms with E-state index in [0.717, 1.165) is 17.6 Å². The van der Waals surface area contributed by atoms with E-state index in [0.29, 0.717) is 0 Å². The van der Waals surface area contributed by atoms with E-state index in [9.17, 15) is 0 Å². The molecule has 0 nitrogen and oxygen atoms in total. The minimum absolute atomic E-state index is 0.933. The molecule has 0 bridgehead atoms. The largest absolute Gasteiger partial charge is 0.115 e. The van der Waals surface area contributed by atoms with Crippen LogP contribution in [0.3, 0.4) is 0 Å². The normalized spacial score (nSPS) is 11.6. The lowest BCUT2D eigenvalue weighted by molar-refractivity contribution is 0.959. The average molecular weight is 196 g/mol. The maximum atomic E-state index is 5.47. The lowest BCUT2D eigenvalue weighted by atomic mass is 10.1. The first-order valence-electron chi connectivity index (χ1n) is 5.27. The number of unbranched alkanes of at least 4 members (excludes halogenated alkanes) is 1. The average Bonchev–Trinajstić information content (AvgIpc) is 2.30. The van der Waals surface area contributed by atoms with E-state index < -0.39 is 0 Å². The second kappa shape index (κ2) is 6.68. The molecule has 76 valence electrons. The molecular weight excluding hydrogens is 180 g/mol. The Morgan fingerprint density at radius 1 is 1.33 bits per heavy atom. The molecule has 0 radical (unpaired) electrons. The number of allylic oxidation sites excluding steroid dienone is 4. The summed E-state index contributed by atoms with van der Waals surface area (Å²) in [4.78, 5) is 0. The molecule has 0 spiro atoms. The Labute approximate surface area is 92.3 Å². The molecule has 0 heterocycles. The zero-order chi connectivity index (χ0) is 10.9. The van der Waals surface area contributed by atoms with Crippen LogP contribution in [0.15, 0.2) is 48.6 Å². The van der Waals surface area contributed by atoms with Crippen LogP contribution in [0.25, 0.3) is 5.57 Å². The molecule has 0 saturated heterocycles. The van der Waals surface area contributed by atoms with Gasteiger partial charge in [0.2, 0.25) is 0 Å². The Kier molecular flexibility index (Phi) is 5.04. The molecule has 0 aliphatic carbocycles. The highest BCUT2D eigenvalue weighted by Gasteiger charge is 1.93. The van der Waals surface area contributed by atoms with E-state index in [-0.39, 0.29) is 0 Å². The van der Waals surface area contributed by atoms with Crippen molar-refractivity contribution < 1.29 is 0 Å². The Hall–Kier alpha value is -1.74. The van der Waals surface area contributed by atoms with E-state index in [4.69, 9.17) is 6.42 Å². The summed E-state index contributed by atoms with van der Waals surface area (Å²) >= 11 is 0. The fourth-order valence-electron chi connectivity index (χ4n) is 1.27. The third kappa shape index (κ3) is 3.87. The van der Waals surface area contributed by atoms with Crippen molar-refractivity contribution in [2.75, 3.05) is 0 Å². The molecule has 0 unspecified atom stereocenters. The molecule has 0 heteroatoms. The van der Waals surface area contributed by atoms with Gasteiger partial charge in [-0.2, -0.15) is 0 Å². The fourth-order valence-corrected chi connectivity index (χ4v) is 1.27. The van der Waals surface area contributed by atoms with Gasteiger partial charge in [0.25, 0.3) is 0 Å². The maximum Gasteiger partial charge on any atom is 0.0314 e. The van der Waals surface area contributed by atoms with Crippen molar-refractivity contribution >= 4 is 5.57 Å². The lowest BCUT2D eigenvalue weighted by Gasteiger charge is -1.97. The summed E-state index contributed by atoms with van der Waals surface area (Å²) in [6, 6.07) is 10.0. The number of hydrogen-bond acceptors (Lipinski definition) is 0. The van der Waals surface area contributed by atoms with Gasteiger partial charge in [0.1, 0.15) is 0 Å². The van der Waals surface area contributed by atoms with Crippen molar-refractivity contribution in [1.82, 2.24) is 0 Å². The summed E-state index contributed by atoms with van der Waals surface area (Å²) < 4.78 is 0. The number of benzene rings is 1. The van der Waals surface area contributed by atoms with Gasteiger partial charge in [-0.05, 0) is 18.1 Å². The lowest BCUT2D eigenvalue weighted by Crippen LogP contribution is -1.78. The Bertz CT molecular complexity index is 374. The summed E-state index contributed by atoms with van der Waals surface area (Å²) in [5, 5.41) is 0. The van der Waals surface area contributed by atoms with Gasteiger partial charge in [-0.25, -0.2) is 0 Å². The Morgan fingerprint density at radius 3 is 2.67 bits per heavy atom. The highest BCUT2D eigenvalue weighted by atomic mass is 14.0. The first kappa shape index (κ1) is 11.3. The molecule has 0 atom stereocenters. The molecule has 0 aliphatic rings. The molecule has 0 fully saturated rings. The summed E-state index contributed by atoms with van der Waals surface area (Å²) in [7, 11) is 0. The van der Waals surface area contributed by atoms with Gasteiger partial charge in [-0.3, -0.25) is 0 Å². The van der Waals surface area contributed by atoms with Crippen molar-refractivity contribution in [3.63, 3.8) is 0 Å². The molecule has 1 aromatic carbocycles. The zero-order valence-electron chi connectivity index (χ0n) is 9.11. The standard InChI is InChI=1S/C15H16/c1-3-5-6-8-11-14(4-2)15-12-9-7-10-13-15/h2,6-13H,3,5H2,1H3/b8-6+,14-11-. The van der Waals surface area contributed by atoms with Crippen LogP contribution >= 0.6 is 0 Å². The second-order valence-corrected chi connectivity index (χ2v) is 3.31. The molecule has 0 aromatic heterocycles. The predicted molar refractivity (Wildman–Crippen MR) is 67.3 cm³/mol. The van der Waals surface area contributed by atoms with Crippen molar-refractivity contribution in [1.29, 1.82) is 0 Å². The number of terminal acetylenes is 1. The van der Waals surface area contributed by atoms with Crippen molar-refractivity contribution in [2.45, 2.75) is 19.8 Å². The minimum atomic E-state index is 0.933. The number of rotatable bonds is 4. The molecule has 0 amide bonds. The first-order chi connectivity index (χ1) is 7.38. The summed E-state index contributed by atoms with van der Waals surface area (Å²) in [6.45, 7) is 2.16. The molecular formula is C15H16. The van der Waals surface area contributed by atoms with E-state index in [1.165, 1.54) is 6.42 Å². The van der Waals surface area contributed by atoms with Gasteiger partial charge >= 0.3 is 0 Å². The Balaban J connectivity index is 2.77. The monoisotopic (exact) mass is 196 g/mol. The van der Waals surface area contributed by atoms with Crippen LogP contribution in [0.4, 0.5) is 0 Å². The van der Waals surface area contributed by atoms with E-state index in [1.807, 2.05) is 42.5 Å². The topological polar surface area (TPSA) is 0 Å².